The molecular weight excluding hydrogens is 398 g/mol. The minimum Gasteiger partial charge on any atom is -0.744 e. The number of hydrogen-bond acceptors (Lipinski definition) is 4. The predicted molar refractivity (Wildman–Crippen MR) is 118 cm³/mol. The quantitative estimate of drug-likeness (QED) is 0.385. The summed E-state index contributed by atoms with van der Waals surface area (Å²) in [6.07, 6.45) is 9.07. The van der Waals surface area contributed by atoms with Gasteiger partial charge in [-0.1, -0.05) is 62.6 Å². The van der Waals surface area contributed by atoms with Gasteiger partial charge in [0.05, 0.1) is 10.3 Å². The predicted octanol–water partition coefficient (Wildman–Crippen LogP) is 4.67. The summed E-state index contributed by atoms with van der Waals surface area (Å²) in [7, 11) is -4.27. The van der Waals surface area contributed by atoms with E-state index in [1.54, 1.807) is 12.1 Å². The van der Waals surface area contributed by atoms with Crippen molar-refractivity contribution >= 4 is 20.9 Å². The molecule has 0 N–H and O–H groups in total. The van der Waals surface area contributed by atoms with Crippen LogP contribution in [0.15, 0.2) is 71.9 Å². The maximum Gasteiger partial charge on any atom is 0.230 e. The Bertz CT molecular complexity index is 1020. The molecule has 0 amide bonds. The van der Waals surface area contributed by atoms with Gasteiger partial charge in [-0.05, 0) is 49.3 Å². The van der Waals surface area contributed by atoms with Crippen molar-refractivity contribution in [1.82, 2.24) is 0 Å². The fourth-order valence-corrected chi connectivity index (χ4v) is 3.46. The van der Waals surface area contributed by atoms with E-state index in [-0.39, 0.29) is 4.90 Å². The highest BCUT2D eigenvalue weighted by Crippen LogP contribution is 2.12. The van der Waals surface area contributed by atoms with Crippen LogP contribution in [-0.4, -0.2) is 19.6 Å². The normalized spacial score (nSPS) is 12.1. The van der Waals surface area contributed by atoms with E-state index >= 15 is 0 Å². The molecule has 0 aliphatic rings. The summed E-state index contributed by atoms with van der Waals surface area (Å²) in [5.41, 5.74) is 0.928. The van der Waals surface area contributed by atoms with Gasteiger partial charge in [0.25, 0.3) is 0 Å². The lowest BCUT2D eigenvalue weighted by molar-refractivity contribution is -0.891. The first-order chi connectivity index (χ1) is 14.3. The molecule has 0 spiro atoms. The Morgan fingerprint density at radius 2 is 1.67 bits per heavy atom. The second kappa shape index (κ2) is 11.7. The minimum atomic E-state index is -4.27. The van der Waals surface area contributed by atoms with E-state index in [0.717, 1.165) is 12.2 Å². The first-order valence-electron chi connectivity index (χ1n) is 10.4. The third kappa shape index (κ3) is 7.76. The SMILES string of the molecule is CCCCC(CC)CO[n+]1ccc2ccccc2c1.Cc1ccc(S(=O)(=O)[O-])cc1. The van der Waals surface area contributed by atoms with Crippen LogP contribution in [0, 0.1) is 12.8 Å². The molecular formula is C24H31NO4S. The zero-order valence-corrected chi connectivity index (χ0v) is 18.8. The van der Waals surface area contributed by atoms with E-state index in [0.29, 0.717) is 5.92 Å². The molecule has 3 rings (SSSR count). The molecule has 0 radical (unpaired) electrons. The number of pyridine rings is 1. The number of benzene rings is 2. The molecule has 2 aromatic carbocycles. The summed E-state index contributed by atoms with van der Waals surface area (Å²) in [5, 5.41) is 2.46. The van der Waals surface area contributed by atoms with Crippen molar-refractivity contribution in [2.45, 2.75) is 51.3 Å². The summed E-state index contributed by atoms with van der Waals surface area (Å²) in [4.78, 5) is 5.70. The molecule has 30 heavy (non-hydrogen) atoms. The largest absolute Gasteiger partial charge is 0.744 e. The van der Waals surface area contributed by atoms with Crippen molar-refractivity contribution in [2.24, 2.45) is 5.92 Å². The molecule has 5 nitrogen and oxygen atoms in total. The van der Waals surface area contributed by atoms with Crippen LogP contribution in [0.3, 0.4) is 0 Å². The number of hydrogen-bond donors (Lipinski definition) is 0. The molecule has 0 saturated heterocycles. The van der Waals surface area contributed by atoms with Crippen LogP contribution in [0.2, 0.25) is 0 Å². The Morgan fingerprint density at radius 3 is 2.27 bits per heavy atom. The van der Waals surface area contributed by atoms with E-state index in [1.807, 2.05) is 17.9 Å². The Hall–Kier alpha value is -2.44. The zero-order valence-electron chi connectivity index (χ0n) is 18.0. The molecule has 1 aromatic heterocycles. The fraction of sp³-hybridized carbons (Fsp3) is 0.375. The highest BCUT2D eigenvalue weighted by Gasteiger charge is 2.11. The van der Waals surface area contributed by atoms with Gasteiger partial charge in [0, 0.05) is 10.8 Å². The lowest BCUT2D eigenvalue weighted by Gasteiger charge is -2.11. The smallest absolute Gasteiger partial charge is 0.230 e. The van der Waals surface area contributed by atoms with Gasteiger partial charge in [0.2, 0.25) is 12.4 Å². The highest BCUT2D eigenvalue weighted by molar-refractivity contribution is 7.85. The fourth-order valence-electron chi connectivity index (χ4n) is 2.99. The van der Waals surface area contributed by atoms with Crippen LogP contribution >= 0.6 is 0 Å². The second-order valence-electron chi connectivity index (χ2n) is 7.41. The lowest BCUT2D eigenvalue weighted by atomic mass is 10.0. The van der Waals surface area contributed by atoms with Crippen molar-refractivity contribution < 1.29 is 22.5 Å². The van der Waals surface area contributed by atoms with E-state index in [9.17, 15) is 13.0 Å². The van der Waals surface area contributed by atoms with Crippen molar-refractivity contribution in [1.29, 1.82) is 0 Å². The van der Waals surface area contributed by atoms with Crippen LogP contribution in [0.5, 0.6) is 0 Å². The van der Waals surface area contributed by atoms with E-state index < -0.39 is 10.1 Å². The van der Waals surface area contributed by atoms with Crippen LogP contribution in [0.25, 0.3) is 10.8 Å². The summed E-state index contributed by atoms with van der Waals surface area (Å²) in [6.45, 7) is 7.11. The molecule has 0 aliphatic heterocycles. The van der Waals surface area contributed by atoms with Crippen LogP contribution in [0.1, 0.15) is 45.1 Å². The van der Waals surface area contributed by atoms with Crippen LogP contribution < -0.4 is 9.57 Å². The lowest BCUT2D eigenvalue weighted by Crippen LogP contribution is -2.43. The van der Waals surface area contributed by atoms with E-state index in [1.165, 1.54) is 48.6 Å². The molecule has 1 atom stereocenters. The molecule has 0 fully saturated rings. The molecule has 1 heterocycles. The van der Waals surface area contributed by atoms with Gasteiger partial charge < -0.3 is 4.55 Å². The molecule has 6 heteroatoms. The Morgan fingerprint density at radius 1 is 1.00 bits per heavy atom. The maximum absolute atomic E-state index is 10.4. The van der Waals surface area contributed by atoms with E-state index in [2.05, 4.69) is 50.4 Å². The number of rotatable bonds is 8. The van der Waals surface area contributed by atoms with E-state index in [4.69, 9.17) is 4.84 Å². The Balaban J connectivity index is 0.000000248. The molecule has 3 aromatic rings. The number of aryl methyl sites for hydroxylation is 1. The summed E-state index contributed by atoms with van der Waals surface area (Å²) in [5.74, 6) is 0.666. The molecule has 0 bridgehead atoms. The number of aromatic nitrogens is 1. The third-order valence-electron chi connectivity index (χ3n) is 4.98. The molecule has 1 unspecified atom stereocenters. The number of unbranched alkanes of at least 4 members (excludes halogenated alkanes) is 1. The van der Waals surface area contributed by atoms with Crippen molar-refractivity contribution in [3.8, 4) is 0 Å². The Labute approximate surface area is 180 Å². The first kappa shape index (κ1) is 23.8. The van der Waals surface area contributed by atoms with Gasteiger partial charge in [0.1, 0.15) is 10.1 Å². The monoisotopic (exact) mass is 429 g/mol. The van der Waals surface area contributed by atoms with Gasteiger partial charge in [-0.15, -0.1) is 0 Å². The highest BCUT2D eigenvalue weighted by atomic mass is 32.2. The Kier molecular flexibility index (Phi) is 9.27. The topological polar surface area (TPSA) is 70.3 Å². The van der Waals surface area contributed by atoms with Crippen LogP contribution in [0.4, 0.5) is 0 Å². The minimum absolute atomic E-state index is 0.178. The maximum atomic E-state index is 10.4. The van der Waals surface area contributed by atoms with Gasteiger partial charge >= 0.3 is 0 Å². The standard InChI is InChI=1S/C17H24NO.C7H8O3S/c1-3-5-8-15(4-2)14-19-18-12-11-16-9-6-7-10-17(16)13-18;1-6-2-4-7(5-3-6)11(8,9)10/h6-7,9-13,15H,3-5,8,14H2,1-2H3;2-5H,1H3,(H,8,9,10)/q+1;/p-1. The number of fused-ring (bicyclic) bond motifs is 1. The first-order valence-corrected chi connectivity index (χ1v) is 11.8. The number of nitrogens with zero attached hydrogens (tertiary/aromatic N) is 1. The average Bonchev–Trinajstić information content (AvgIpc) is 2.74. The summed E-state index contributed by atoms with van der Waals surface area (Å²) in [6, 6.07) is 16.2. The van der Waals surface area contributed by atoms with Crippen LogP contribution in [-0.2, 0) is 10.1 Å². The molecule has 0 saturated carbocycles. The molecule has 162 valence electrons. The third-order valence-corrected chi connectivity index (χ3v) is 5.83. The molecule has 0 aliphatic carbocycles. The van der Waals surface area contributed by atoms with Gasteiger partial charge in [-0.25, -0.2) is 8.42 Å². The van der Waals surface area contributed by atoms with Gasteiger partial charge in [0.15, 0.2) is 6.61 Å². The van der Waals surface area contributed by atoms with Crippen molar-refractivity contribution in [3.05, 3.63) is 72.6 Å². The average molecular weight is 430 g/mol. The van der Waals surface area contributed by atoms with Crippen molar-refractivity contribution in [3.63, 3.8) is 0 Å². The zero-order chi connectivity index (χ0) is 22.0. The van der Waals surface area contributed by atoms with Crippen molar-refractivity contribution in [2.75, 3.05) is 6.61 Å². The summed E-state index contributed by atoms with van der Waals surface area (Å²) < 4.78 is 33.0. The summed E-state index contributed by atoms with van der Waals surface area (Å²) >= 11 is 0. The van der Waals surface area contributed by atoms with Gasteiger partial charge in [-0.2, -0.15) is 0 Å². The van der Waals surface area contributed by atoms with Gasteiger partial charge in [-0.3, -0.25) is 4.84 Å². The second-order valence-corrected chi connectivity index (χ2v) is 8.79.